The summed E-state index contributed by atoms with van der Waals surface area (Å²) in [5, 5.41) is 17.6. The van der Waals surface area contributed by atoms with Gasteiger partial charge in [-0.05, 0) is 168 Å². The van der Waals surface area contributed by atoms with Crippen molar-refractivity contribution in [2.24, 2.45) is 0 Å². The quantitative estimate of drug-likeness (QED) is 0.152. The second-order valence-corrected chi connectivity index (χ2v) is 17.7. The highest BCUT2D eigenvalue weighted by molar-refractivity contribution is 6.23. The molecule has 0 heterocycles. The zero-order chi connectivity index (χ0) is 43.0. The molecule has 0 heteroatoms. The van der Waals surface area contributed by atoms with E-state index >= 15 is 0 Å². The highest BCUT2D eigenvalue weighted by Gasteiger charge is 2.20. The fraction of sp³-hybridized carbons (Fsp3) is 0.0154. The molecule has 0 fully saturated rings. The average Bonchev–Trinajstić information content (AvgIpc) is 3.36. The second kappa shape index (κ2) is 14.9. The Kier molecular flexibility index (Phi) is 8.54. The molecule has 0 spiro atoms. The van der Waals surface area contributed by atoms with Crippen molar-refractivity contribution < 1.29 is 0 Å². The fourth-order valence-corrected chi connectivity index (χ4v) is 10.8. The van der Waals surface area contributed by atoms with E-state index in [0.717, 1.165) is 0 Å². The van der Waals surface area contributed by atoms with E-state index < -0.39 is 0 Å². The van der Waals surface area contributed by atoms with E-state index in [0.29, 0.717) is 0 Å². The summed E-state index contributed by atoms with van der Waals surface area (Å²) in [6.07, 6.45) is 0. The van der Waals surface area contributed by atoms with Gasteiger partial charge in [-0.15, -0.1) is 0 Å². The minimum absolute atomic E-state index is 1.22. The molecule has 0 nitrogen and oxygen atoms in total. The van der Waals surface area contributed by atoms with Gasteiger partial charge in [-0.3, -0.25) is 0 Å². The first-order valence-electron chi connectivity index (χ1n) is 22.6. The first-order valence-corrected chi connectivity index (χ1v) is 22.6. The van der Waals surface area contributed by atoms with E-state index in [-0.39, 0.29) is 0 Å². The van der Waals surface area contributed by atoms with Crippen LogP contribution >= 0.6 is 0 Å². The van der Waals surface area contributed by atoms with Crippen LogP contribution in [0.3, 0.4) is 0 Å². The van der Waals surface area contributed by atoms with Gasteiger partial charge in [0.05, 0.1) is 0 Å². The molecule has 0 aliphatic heterocycles. The van der Waals surface area contributed by atoms with E-state index in [1.165, 1.54) is 137 Å². The lowest BCUT2D eigenvalue weighted by molar-refractivity contribution is 1.51. The molecular formula is C65H42. The molecule has 13 aromatic rings. The van der Waals surface area contributed by atoms with E-state index in [9.17, 15) is 0 Å². The molecule has 0 aromatic heterocycles. The van der Waals surface area contributed by atoms with Crippen molar-refractivity contribution in [1.82, 2.24) is 0 Å². The lowest BCUT2D eigenvalue weighted by Gasteiger charge is -2.19. The number of hydrogen-bond donors (Lipinski definition) is 0. The maximum absolute atomic E-state index is 2.40. The highest BCUT2D eigenvalue weighted by atomic mass is 14.2. The van der Waals surface area contributed by atoms with Crippen molar-refractivity contribution in [1.29, 1.82) is 0 Å². The van der Waals surface area contributed by atoms with Crippen molar-refractivity contribution >= 4 is 75.4 Å². The minimum atomic E-state index is 1.22. The van der Waals surface area contributed by atoms with Gasteiger partial charge in [0.2, 0.25) is 0 Å². The molecule has 0 unspecified atom stereocenters. The monoisotopic (exact) mass is 822 g/mol. The first kappa shape index (κ1) is 37.3. The van der Waals surface area contributed by atoms with Crippen LogP contribution in [0, 0.1) is 6.92 Å². The molecule has 65 heavy (non-hydrogen) atoms. The minimum Gasteiger partial charge on any atom is -0.0616 e. The number of fused-ring (bicyclic) bond motifs is 7. The molecule has 0 bridgehead atoms. The number of rotatable bonds is 5. The smallest absolute Gasteiger partial charge is 0.00262 e. The van der Waals surface area contributed by atoms with Gasteiger partial charge in [-0.2, -0.15) is 0 Å². The molecule has 0 aliphatic rings. The largest absolute Gasteiger partial charge is 0.0616 e. The molecule has 0 aliphatic carbocycles. The van der Waals surface area contributed by atoms with Gasteiger partial charge in [0, 0.05) is 0 Å². The van der Waals surface area contributed by atoms with E-state index in [2.05, 4.69) is 244 Å². The average molecular weight is 823 g/mol. The summed E-state index contributed by atoms with van der Waals surface area (Å²) in [4.78, 5) is 0. The Labute approximate surface area is 378 Å². The lowest BCUT2D eigenvalue weighted by atomic mass is 9.84. The maximum atomic E-state index is 2.40. The number of hydrogen-bond acceptors (Lipinski definition) is 0. The van der Waals surface area contributed by atoms with Crippen molar-refractivity contribution in [2.75, 3.05) is 0 Å². The molecule has 0 N–H and O–H groups in total. The third-order valence-electron chi connectivity index (χ3n) is 13.8. The Morgan fingerprint density at radius 2 is 0.462 bits per heavy atom. The van der Waals surface area contributed by atoms with Crippen LogP contribution in [0.4, 0.5) is 0 Å². The zero-order valence-electron chi connectivity index (χ0n) is 36.0. The summed E-state index contributed by atoms with van der Waals surface area (Å²) in [5.74, 6) is 0. The van der Waals surface area contributed by atoms with Gasteiger partial charge < -0.3 is 0 Å². The van der Waals surface area contributed by atoms with E-state index in [4.69, 9.17) is 0 Å². The third-order valence-corrected chi connectivity index (χ3v) is 13.8. The second-order valence-electron chi connectivity index (χ2n) is 17.7. The van der Waals surface area contributed by atoms with Gasteiger partial charge in [0.15, 0.2) is 0 Å². The molecule has 0 amide bonds. The van der Waals surface area contributed by atoms with Gasteiger partial charge >= 0.3 is 0 Å². The summed E-state index contributed by atoms with van der Waals surface area (Å²) < 4.78 is 0. The van der Waals surface area contributed by atoms with Crippen LogP contribution < -0.4 is 0 Å². The van der Waals surface area contributed by atoms with Crippen molar-refractivity contribution in [2.45, 2.75) is 6.92 Å². The highest BCUT2D eigenvalue weighted by Crippen LogP contribution is 2.47. The Morgan fingerprint density at radius 1 is 0.185 bits per heavy atom. The Bertz CT molecular complexity index is 3960. The number of benzene rings is 13. The molecule has 0 atom stereocenters. The van der Waals surface area contributed by atoms with E-state index in [1.54, 1.807) is 0 Å². The summed E-state index contributed by atoms with van der Waals surface area (Å²) in [6.45, 7) is 2.16. The lowest BCUT2D eigenvalue weighted by Crippen LogP contribution is -1.92. The predicted molar refractivity (Wildman–Crippen MR) is 281 cm³/mol. The molecule has 0 saturated carbocycles. The van der Waals surface area contributed by atoms with Crippen LogP contribution in [0.25, 0.3) is 131 Å². The Balaban J connectivity index is 0.949. The first-order chi connectivity index (χ1) is 32.1. The zero-order valence-corrected chi connectivity index (χ0v) is 36.0. The standard InChI is InChI=1S/C65H42/c1-41-25-26-46-38-51(32-29-45(46)35-41)63-58-21-8-10-23-60(58)65(61-24-11-9-22-59(61)63)53-34-31-48-39-52(33-30-49(48)40-53)64-56-19-6-4-17-54(56)62(55-18-5-7-20-57(55)64)50-16-12-15-44(37-50)47-28-27-42-13-2-3-14-43(42)36-47/h2-40H,1H3. The molecular weight excluding hydrogens is 781 g/mol. The summed E-state index contributed by atoms with van der Waals surface area (Å²) in [5.41, 5.74) is 13.8. The van der Waals surface area contributed by atoms with Gasteiger partial charge in [-0.25, -0.2) is 0 Å². The van der Waals surface area contributed by atoms with Gasteiger partial charge in [0.25, 0.3) is 0 Å². The SMILES string of the molecule is Cc1ccc2cc(-c3c4ccccc4c(-c4ccc5cc(-c6c7ccccc7c(-c7cccc(-c8ccc9ccccc9c8)c7)c7ccccc67)ccc5c4)c4ccccc34)ccc2c1. The van der Waals surface area contributed by atoms with Crippen LogP contribution in [0.15, 0.2) is 237 Å². The van der Waals surface area contributed by atoms with E-state index in [1.807, 2.05) is 0 Å². The normalized spacial score (nSPS) is 11.8. The third kappa shape index (κ3) is 6.14. The van der Waals surface area contributed by atoms with Crippen LogP contribution in [-0.4, -0.2) is 0 Å². The molecule has 13 rings (SSSR count). The predicted octanol–water partition coefficient (Wildman–Crippen LogP) is 18.4. The van der Waals surface area contributed by atoms with Crippen LogP contribution in [-0.2, 0) is 0 Å². The molecule has 0 radical (unpaired) electrons. The van der Waals surface area contributed by atoms with Crippen LogP contribution in [0.1, 0.15) is 5.56 Å². The summed E-state index contributed by atoms with van der Waals surface area (Å²) >= 11 is 0. The summed E-state index contributed by atoms with van der Waals surface area (Å²) in [7, 11) is 0. The molecule has 13 aromatic carbocycles. The Morgan fingerprint density at radius 3 is 0.908 bits per heavy atom. The van der Waals surface area contributed by atoms with Crippen LogP contribution in [0.2, 0.25) is 0 Å². The fourth-order valence-electron chi connectivity index (χ4n) is 10.8. The van der Waals surface area contributed by atoms with Crippen molar-refractivity contribution in [3.63, 3.8) is 0 Å². The van der Waals surface area contributed by atoms with Crippen molar-refractivity contribution in [3.05, 3.63) is 242 Å². The van der Waals surface area contributed by atoms with Gasteiger partial charge in [-0.1, -0.05) is 212 Å². The molecule has 0 saturated heterocycles. The summed E-state index contributed by atoms with van der Waals surface area (Å²) in [6, 6.07) is 88.2. The molecule has 302 valence electrons. The van der Waals surface area contributed by atoms with Gasteiger partial charge in [0.1, 0.15) is 0 Å². The van der Waals surface area contributed by atoms with Crippen molar-refractivity contribution in [3.8, 4) is 55.6 Å². The maximum Gasteiger partial charge on any atom is -0.00262 e. The van der Waals surface area contributed by atoms with Crippen LogP contribution in [0.5, 0.6) is 0 Å². The number of aryl methyl sites for hydroxylation is 1. The topological polar surface area (TPSA) is 0 Å². The Hall–Kier alpha value is -8.32.